The summed E-state index contributed by atoms with van der Waals surface area (Å²) in [6, 6.07) is 4.27. The SMILES string of the molecule is CCOc1cccnc1NC(C)C(CC)CC. The summed E-state index contributed by atoms with van der Waals surface area (Å²) in [4.78, 5) is 4.35. The molecule has 0 bridgehead atoms. The second kappa shape index (κ2) is 7.15. The molecule has 1 atom stereocenters. The highest BCUT2D eigenvalue weighted by Crippen LogP contribution is 2.24. The maximum Gasteiger partial charge on any atom is 0.168 e. The lowest BCUT2D eigenvalue weighted by atomic mass is 9.95. The molecule has 0 saturated heterocycles. The number of pyridine rings is 1. The molecule has 1 aromatic rings. The molecule has 3 nitrogen and oxygen atoms in total. The molecule has 96 valence electrons. The van der Waals surface area contributed by atoms with Crippen LogP contribution in [0, 0.1) is 5.92 Å². The van der Waals surface area contributed by atoms with Gasteiger partial charge in [0.25, 0.3) is 0 Å². The third kappa shape index (κ3) is 3.91. The number of anilines is 1. The maximum absolute atomic E-state index is 5.56. The van der Waals surface area contributed by atoms with Crippen molar-refractivity contribution in [1.82, 2.24) is 4.98 Å². The fourth-order valence-electron chi connectivity index (χ4n) is 2.10. The van der Waals surface area contributed by atoms with Crippen molar-refractivity contribution < 1.29 is 4.74 Å². The first-order valence-electron chi connectivity index (χ1n) is 6.57. The fourth-order valence-corrected chi connectivity index (χ4v) is 2.10. The smallest absolute Gasteiger partial charge is 0.168 e. The van der Waals surface area contributed by atoms with Crippen LogP contribution < -0.4 is 10.1 Å². The minimum atomic E-state index is 0.416. The Labute approximate surface area is 105 Å². The number of rotatable bonds is 7. The van der Waals surface area contributed by atoms with E-state index < -0.39 is 0 Å². The van der Waals surface area contributed by atoms with E-state index in [1.54, 1.807) is 6.20 Å². The van der Waals surface area contributed by atoms with Crippen LogP contribution >= 0.6 is 0 Å². The average molecular weight is 236 g/mol. The first-order chi connectivity index (χ1) is 8.22. The number of ether oxygens (including phenoxy) is 1. The standard InChI is InChI=1S/C14H24N2O/c1-5-12(6-2)11(4)16-14-13(17-7-3)9-8-10-15-14/h8-12H,5-7H2,1-4H3,(H,15,16). The summed E-state index contributed by atoms with van der Waals surface area (Å²) in [5.41, 5.74) is 0. The second-order valence-corrected chi connectivity index (χ2v) is 4.29. The lowest BCUT2D eigenvalue weighted by Gasteiger charge is -2.23. The lowest BCUT2D eigenvalue weighted by molar-refractivity contribution is 0.339. The largest absolute Gasteiger partial charge is 0.490 e. The summed E-state index contributed by atoms with van der Waals surface area (Å²) in [6.07, 6.45) is 4.16. The zero-order valence-corrected chi connectivity index (χ0v) is 11.4. The second-order valence-electron chi connectivity index (χ2n) is 4.29. The highest BCUT2D eigenvalue weighted by atomic mass is 16.5. The quantitative estimate of drug-likeness (QED) is 0.783. The van der Waals surface area contributed by atoms with E-state index in [-0.39, 0.29) is 0 Å². The topological polar surface area (TPSA) is 34.1 Å². The molecule has 0 spiro atoms. The highest BCUT2D eigenvalue weighted by molar-refractivity contribution is 5.50. The molecule has 1 aromatic heterocycles. The lowest BCUT2D eigenvalue weighted by Crippen LogP contribution is -2.25. The van der Waals surface area contributed by atoms with Crippen molar-refractivity contribution in [3.8, 4) is 5.75 Å². The van der Waals surface area contributed by atoms with Crippen LogP contribution in [0.3, 0.4) is 0 Å². The molecule has 1 N–H and O–H groups in total. The third-order valence-electron chi connectivity index (χ3n) is 3.19. The minimum absolute atomic E-state index is 0.416. The molecule has 0 radical (unpaired) electrons. The zero-order valence-electron chi connectivity index (χ0n) is 11.4. The molecule has 1 unspecified atom stereocenters. The summed E-state index contributed by atoms with van der Waals surface area (Å²) in [5.74, 6) is 2.37. The molecule has 0 aliphatic heterocycles. The van der Waals surface area contributed by atoms with Gasteiger partial charge in [0, 0.05) is 12.2 Å². The van der Waals surface area contributed by atoms with Gasteiger partial charge < -0.3 is 10.1 Å². The molecule has 3 heteroatoms. The molecule has 0 aromatic carbocycles. The van der Waals surface area contributed by atoms with Crippen LogP contribution in [0.1, 0.15) is 40.5 Å². The fraction of sp³-hybridized carbons (Fsp3) is 0.643. The number of nitrogens with zero attached hydrogens (tertiary/aromatic N) is 1. The molecular weight excluding hydrogens is 212 g/mol. The molecule has 0 aliphatic rings. The van der Waals surface area contributed by atoms with Crippen molar-refractivity contribution >= 4 is 5.82 Å². The highest BCUT2D eigenvalue weighted by Gasteiger charge is 2.15. The van der Waals surface area contributed by atoms with E-state index >= 15 is 0 Å². The van der Waals surface area contributed by atoms with Gasteiger partial charge >= 0.3 is 0 Å². The maximum atomic E-state index is 5.56. The van der Waals surface area contributed by atoms with Crippen LogP contribution in [-0.4, -0.2) is 17.6 Å². The van der Waals surface area contributed by atoms with E-state index in [0.717, 1.165) is 11.6 Å². The Hall–Kier alpha value is -1.25. The van der Waals surface area contributed by atoms with Crippen molar-refractivity contribution in [3.63, 3.8) is 0 Å². The molecule has 0 aliphatic carbocycles. The Balaban J connectivity index is 2.72. The van der Waals surface area contributed by atoms with Gasteiger partial charge in [-0.25, -0.2) is 4.98 Å². The average Bonchev–Trinajstić information content (AvgIpc) is 2.33. The monoisotopic (exact) mass is 236 g/mol. The Morgan fingerprint density at radius 3 is 2.59 bits per heavy atom. The van der Waals surface area contributed by atoms with Crippen molar-refractivity contribution in [1.29, 1.82) is 0 Å². The summed E-state index contributed by atoms with van der Waals surface area (Å²) in [7, 11) is 0. The predicted molar refractivity (Wildman–Crippen MR) is 72.6 cm³/mol. The predicted octanol–water partition coefficient (Wildman–Crippen LogP) is 3.72. The molecule has 17 heavy (non-hydrogen) atoms. The van der Waals surface area contributed by atoms with E-state index in [0.29, 0.717) is 18.6 Å². The molecule has 1 heterocycles. The van der Waals surface area contributed by atoms with Gasteiger partial charge in [-0.15, -0.1) is 0 Å². The molecule has 0 saturated carbocycles. The summed E-state index contributed by atoms with van der Waals surface area (Å²) < 4.78 is 5.56. The molecular formula is C14H24N2O. The Kier molecular flexibility index (Phi) is 5.81. The van der Waals surface area contributed by atoms with Crippen LogP contribution in [-0.2, 0) is 0 Å². The summed E-state index contributed by atoms with van der Waals surface area (Å²) in [6.45, 7) is 9.32. The van der Waals surface area contributed by atoms with Crippen molar-refractivity contribution in [3.05, 3.63) is 18.3 Å². The van der Waals surface area contributed by atoms with Gasteiger partial charge in [0.15, 0.2) is 11.6 Å². The normalized spacial score (nSPS) is 12.5. The van der Waals surface area contributed by atoms with Crippen LogP contribution in [0.4, 0.5) is 5.82 Å². The van der Waals surface area contributed by atoms with Gasteiger partial charge in [-0.05, 0) is 31.9 Å². The van der Waals surface area contributed by atoms with E-state index in [2.05, 4.69) is 31.1 Å². The first kappa shape index (κ1) is 13.8. The van der Waals surface area contributed by atoms with Crippen molar-refractivity contribution in [2.45, 2.75) is 46.6 Å². The number of aromatic nitrogens is 1. The van der Waals surface area contributed by atoms with Crippen LogP contribution in [0.15, 0.2) is 18.3 Å². The Morgan fingerprint density at radius 1 is 1.29 bits per heavy atom. The van der Waals surface area contributed by atoms with Gasteiger partial charge in [0.05, 0.1) is 6.61 Å². The summed E-state index contributed by atoms with van der Waals surface area (Å²) in [5, 5.41) is 3.46. The van der Waals surface area contributed by atoms with Crippen molar-refractivity contribution in [2.24, 2.45) is 5.92 Å². The number of hydrogen-bond donors (Lipinski definition) is 1. The van der Waals surface area contributed by atoms with E-state index in [1.807, 2.05) is 19.1 Å². The van der Waals surface area contributed by atoms with Crippen molar-refractivity contribution in [2.75, 3.05) is 11.9 Å². The zero-order chi connectivity index (χ0) is 12.7. The Bertz CT molecular complexity index is 324. The van der Waals surface area contributed by atoms with E-state index in [9.17, 15) is 0 Å². The summed E-state index contributed by atoms with van der Waals surface area (Å²) >= 11 is 0. The van der Waals surface area contributed by atoms with Crippen LogP contribution in [0.2, 0.25) is 0 Å². The molecule has 0 amide bonds. The van der Waals surface area contributed by atoms with Crippen LogP contribution in [0.5, 0.6) is 5.75 Å². The van der Waals surface area contributed by atoms with Crippen LogP contribution in [0.25, 0.3) is 0 Å². The van der Waals surface area contributed by atoms with E-state index in [1.165, 1.54) is 12.8 Å². The van der Waals surface area contributed by atoms with Gasteiger partial charge in [0.2, 0.25) is 0 Å². The molecule has 1 rings (SSSR count). The van der Waals surface area contributed by atoms with Gasteiger partial charge in [0.1, 0.15) is 0 Å². The number of nitrogens with one attached hydrogen (secondary N) is 1. The van der Waals surface area contributed by atoms with Gasteiger partial charge in [-0.2, -0.15) is 0 Å². The van der Waals surface area contributed by atoms with Gasteiger partial charge in [-0.1, -0.05) is 26.7 Å². The van der Waals surface area contributed by atoms with Gasteiger partial charge in [-0.3, -0.25) is 0 Å². The molecule has 0 fully saturated rings. The minimum Gasteiger partial charge on any atom is -0.490 e. The van der Waals surface area contributed by atoms with E-state index in [4.69, 9.17) is 4.74 Å². The first-order valence-corrected chi connectivity index (χ1v) is 6.57. The third-order valence-corrected chi connectivity index (χ3v) is 3.19. The number of hydrogen-bond acceptors (Lipinski definition) is 3. The Morgan fingerprint density at radius 2 is 2.00 bits per heavy atom.